The fourth-order valence-electron chi connectivity index (χ4n) is 3.32. The van der Waals surface area contributed by atoms with Gasteiger partial charge in [0.05, 0.1) is 59.4 Å². The summed E-state index contributed by atoms with van der Waals surface area (Å²) in [6.45, 7) is 1.84. The zero-order valence-corrected chi connectivity index (χ0v) is 21.7. The summed E-state index contributed by atoms with van der Waals surface area (Å²) in [5, 5.41) is 43.1. The number of aliphatic carboxylic acids is 4. The maximum atomic E-state index is 12.6. The number of carboxylic acids is 4. The number of nitrogens with zero attached hydrogens (tertiary/aromatic N) is 1. The largest absolute Gasteiger partial charge is 0.479 e. The zero-order valence-electron chi connectivity index (χ0n) is 21.7. The Kier molecular flexibility index (Phi) is 17.0. The summed E-state index contributed by atoms with van der Waals surface area (Å²) in [7, 11) is 0. The molecule has 0 radical (unpaired) electrons. The van der Waals surface area contributed by atoms with Gasteiger partial charge in [0, 0.05) is 32.1 Å². The molecule has 40 heavy (non-hydrogen) atoms. The van der Waals surface area contributed by atoms with Crippen molar-refractivity contribution >= 4 is 35.7 Å². The molecule has 0 aliphatic carbocycles. The molecule has 1 aliphatic heterocycles. The number of amides is 2. The molecule has 18 nitrogen and oxygen atoms in total. The van der Waals surface area contributed by atoms with Crippen molar-refractivity contribution in [2.45, 2.75) is 24.5 Å². The normalized spacial score (nSPS) is 19.2. The molecule has 228 valence electrons. The average molecular weight is 581 g/mol. The van der Waals surface area contributed by atoms with Crippen LogP contribution in [0.1, 0.15) is 6.42 Å². The fraction of sp³-hybridized carbons (Fsp3) is 0.727. The molecule has 0 aromatic carbocycles. The Hall–Kier alpha value is -3.42. The van der Waals surface area contributed by atoms with Crippen LogP contribution in [0.25, 0.3) is 0 Å². The maximum Gasteiger partial charge on any atom is 0.338 e. The molecule has 1 heterocycles. The van der Waals surface area contributed by atoms with Gasteiger partial charge in [-0.3, -0.25) is 14.5 Å². The Morgan fingerprint density at radius 1 is 0.675 bits per heavy atom. The smallest absolute Gasteiger partial charge is 0.338 e. The monoisotopic (exact) mass is 580 g/mol. The van der Waals surface area contributed by atoms with Crippen LogP contribution in [0.5, 0.6) is 0 Å². The molecule has 1 saturated heterocycles. The van der Waals surface area contributed by atoms with Crippen LogP contribution in [0.3, 0.4) is 0 Å². The molecule has 1 fully saturated rings. The molecule has 0 spiro atoms. The summed E-state index contributed by atoms with van der Waals surface area (Å²) in [5.74, 6) is -9.18. The molecular weight excluding hydrogens is 544 g/mol. The van der Waals surface area contributed by atoms with Crippen LogP contribution < -0.4 is 16.0 Å². The van der Waals surface area contributed by atoms with Gasteiger partial charge in [-0.15, -0.1) is 0 Å². The lowest BCUT2D eigenvalue weighted by Crippen LogP contribution is -2.53. The second kappa shape index (κ2) is 19.6. The van der Waals surface area contributed by atoms with Crippen LogP contribution in [-0.2, 0) is 47.7 Å². The number of rotatable bonds is 10. The Bertz CT molecular complexity index is 761. The van der Waals surface area contributed by atoms with E-state index in [9.17, 15) is 28.8 Å². The molecule has 1 aliphatic rings. The number of ether oxygens (including phenoxy) is 4. The Balaban J connectivity index is 3.07. The van der Waals surface area contributed by atoms with E-state index in [2.05, 4.69) is 5.32 Å². The zero-order chi connectivity index (χ0) is 29.9. The number of carbonyl (C=O) groups is 6. The Morgan fingerprint density at radius 3 is 1.62 bits per heavy atom. The van der Waals surface area contributed by atoms with Gasteiger partial charge in [-0.1, -0.05) is 0 Å². The van der Waals surface area contributed by atoms with Gasteiger partial charge in [0.2, 0.25) is 23.9 Å². The minimum absolute atomic E-state index is 0.00425. The van der Waals surface area contributed by atoms with E-state index in [0.717, 1.165) is 0 Å². The van der Waals surface area contributed by atoms with E-state index in [1.807, 2.05) is 10.6 Å². The summed E-state index contributed by atoms with van der Waals surface area (Å²) in [4.78, 5) is 71.2. The Morgan fingerprint density at radius 2 is 1.12 bits per heavy atom. The summed E-state index contributed by atoms with van der Waals surface area (Å²) in [6, 6.07) is -5.41. The number of hydrogen-bond acceptors (Lipinski definition) is 12. The highest BCUT2D eigenvalue weighted by Crippen LogP contribution is 2.08. The van der Waals surface area contributed by atoms with Crippen molar-refractivity contribution in [1.82, 2.24) is 20.9 Å². The highest BCUT2D eigenvalue weighted by Gasteiger charge is 2.32. The molecule has 0 aromatic rings. The van der Waals surface area contributed by atoms with E-state index in [0.29, 0.717) is 26.3 Å². The fourth-order valence-corrected chi connectivity index (χ4v) is 3.32. The van der Waals surface area contributed by atoms with E-state index in [-0.39, 0.29) is 46.2 Å². The number of nitrogens with one attached hydrogen (secondary N) is 3. The third-order valence-electron chi connectivity index (χ3n) is 5.31. The van der Waals surface area contributed by atoms with Crippen molar-refractivity contribution in [2.75, 3.05) is 79.0 Å². The van der Waals surface area contributed by atoms with Crippen LogP contribution in [0, 0.1) is 0 Å². The third-order valence-corrected chi connectivity index (χ3v) is 5.31. The van der Waals surface area contributed by atoms with Gasteiger partial charge in [-0.25, -0.2) is 19.2 Å². The second-order valence-corrected chi connectivity index (χ2v) is 8.34. The molecule has 0 bridgehead atoms. The first-order valence-corrected chi connectivity index (χ1v) is 12.3. The van der Waals surface area contributed by atoms with Crippen molar-refractivity contribution in [1.29, 1.82) is 0 Å². The summed E-state index contributed by atoms with van der Waals surface area (Å²) in [5.41, 5.74) is 0. The lowest BCUT2D eigenvalue weighted by atomic mass is 10.1. The Labute approximate surface area is 228 Å². The van der Waals surface area contributed by atoms with Crippen LogP contribution in [0.2, 0.25) is 0 Å². The van der Waals surface area contributed by atoms with Gasteiger partial charge in [-0.05, 0) is 0 Å². The first-order valence-electron chi connectivity index (χ1n) is 12.3. The average Bonchev–Trinajstić information content (AvgIpc) is 2.87. The molecule has 1 atom stereocenters. The van der Waals surface area contributed by atoms with Crippen LogP contribution in [0.15, 0.2) is 0 Å². The predicted octanol–water partition coefficient (Wildman–Crippen LogP) is -3.98. The van der Waals surface area contributed by atoms with Gasteiger partial charge in [0.1, 0.15) is 0 Å². The quantitative estimate of drug-likeness (QED) is 0.122. The molecular formula is C22H36N4O14. The van der Waals surface area contributed by atoms with E-state index < -0.39 is 66.8 Å². The minimum Gasteiger partial charge on any atom is -0.479 e. The van der Waals surface area contributed by atoms with Crippen molar-refractivity contribution in [3.8, 4) is 0 Å². The second-order valence-electron chi connectivity index (χ2n) is 8.34. The number of hydrogen-bond donors (Lipinski definition) is 7. The molecule has 0 aromatic heterocycles. The first kappa shape index (κ1) is 34.6. The highest BCUT2D eigenvalue weighted by atomic mass is 16.5. The van der Waals surface area contributed by atoms with Gasteiger partial charge in [-0.2, -0.15) is 0 Å². The highest BCUT2D eigenvalue weighted by molar-refractivity contribution is 6.01. The standard InChI is InChI=1S/C22H36N4O14/c27-15(24-17(19(29)30)20(31)32)11-14-13-40-10-9-38-5-2-23-1-4-37-7-8-39-6-3-26(14)12-16(28)25-18(21(33)34)22(35)36/h14,17-18,23H,1-13H2,(H,24,27)(H,25,28)(H,29,30)(H,31,32)(H,33,34)(H,35,36). The minimum atomic E-state index is -2.22. The predicted molar refractivity (Wildman–Crippen MR) is 131 cm³/mol. The number of carboxylic acid groups (broad SMARTS) is 4. The molecule has 0 saturated carbocycles. The lowest BCUT2D eigenvalue weighted by molar-refractivity contribution is -0.154. The van der Waals surface area contributed by atoms with E-state index in [1.165, 1.54) is 4.90 Å². The van der Waals surface area contributed by atoms with Gasteiger partial charge in [0.15, 0.2) is 0 Å². The van der Waals surface area contributed by atoms with E-state index >= 15 is 0 Å². The van der Waals surface area contributed by atoms with E-state index in [1.54, 1.807) is 0 Å². The SMILES string of the molecule is O=C(CC1COCCOCCNCCOCCOCCN1CC(=O)NC(C(=O)O)C(=O)O)NC(C(=O)O)C(=O)O. The first-order chi connectivity index (χ1) is 19.0. The summed E-state index contributed by atoms with van der Waals surface area (Å²) in [6.07, 6.45) is -0.528. The molecule has 7 N–H and O–H groups in total. The summed E-state index contributed by atoms with van der Waals surface area (Å²) < 4.78 is 21.9. The van der Waals surface area contributed by atoms with Crippen LogP contribution >= 0.6 is 0 Å². The molecule has 1 rings (SSSR count). The summed E-state index contributed by atoms with van der Waals surface area (Å²) >= 11 is 0. The van der Waals surface area contributed by atoms with Crippen molar-refractivity contribution in [3.05, 3.63) is 0 Å². The van der Waals surface area contributed by atoms with Gasteiger partial charge >= 0.3 is 23.9 Å². The number of carbonyl (C=O) groups excluding carboxylic acids is 2. The van der Waals surface area contributed by atoms with Crippen LogP contribution in [0.4, 0.5) is 0 Å². The van der Waals surface area contributed by atoms with Gasteiger partial charge < -0.3 is 55.3 Å². The van der Waals surface area contributed by atoms with Crippen LogP contribution in [-0.4, -0.2) is 158 Å². The third kappa shape index (κ3) is 14.7. The molecule has 1 unspecified atom stereocenters. The van der Waals surface area contributed by atoms with Crippen molar-refractivity contribution < 1.29 is 68.1 Å². The lowest BCUT2D eigenvalue weighted by Gasteiger charge is -2.31. The van der Waals surface area contributed by atoms with Crippen molar-refractivity contribution in [3.63, 3.8) is 0 Å². The molecule has 2 amide bonds. The van der Waals surface area contributed by atoms with Gasteiger partial charge in [0.25, 0.3) is 0 Å². The van der Waals surface area contributed by atoms with Crippen molar-refractivity contribution in [2.24, 2.45) is 0 Å². The topological polar surface area (TPSA) is 260 Å². The maximum absolute atomic E-state index is 12.6. The van der Waals surface area contributed by atoms with E-state index in [4.69, 9.17) is 39.4 Å². The molecule has 18 heteroatoms.